The van der Waals surface area contributed by atoms with Crippen molar-refractivity contribution in [1.29, 1.82) is 0 Å². The molecule has 0 aliphatic heterocycles. The first-order valence-electron chi connectivity index (χ1n) is 8.34. The van der Waals surface area contributed by atoms with Crippen molar-refractivity contribution in [2.24, 2.45) is 11.7 Å². The number of likely N-dealkylation sites (N-methyl/N-ethyl adjacent to an activating group) is 1. The van der Waals surface area contributed by atoms with E-state index >= 15 is 0 Å². The van der Waals surface area contributed by atoms with Crippen molar-refractivity contribution in [2.75, 3.05) is 20.6 Å². The monoisotopic (exact) mass is 375 g/mol. The zero-order chi connectivity index (χ0) is 15.9. The van der Waals surface area contributed by atoms with Gasteiger partial charge in [0.15, 0.2) is 0 Å². The molecule has 0 heterocycles. The highest BCUT2D eigenvalue weighted by atomic mass is 35.5. The predicted octanol–water partition coefficient (Wildman–Crippen LogP) is 3.16. The van der Waals surface area contributed by atoms with E-state index < -0.39 is 6.04 Å². The van der Waals surface area contributed by atoms with Gasteiger partial charge in [0.25, 0.3) is 0 Å². The van der Waals surface area contributed by atoms with Crippen LogP contribution in [0.1, 0.15) is 43.7 Å². The minimum absolute atomic E-state index is 0. The second-order valence-electron chi connectivity index (χ2n) is 6.56. The third-order valence-electron chi connectivity index (χ3n) is 4.78. The summed E-state index contributed by atoms with van der Waals surface area (Å²) in [6.07, 6.45) is 6.51. The van der Waals surface area contributed by atoms with Crippen LogP contribution >= 0.6 is 24.8 Å². The Hall–Kier alpha value is -0.810. The fraction of sp³-hybridized carbons (Fsp3) is 0.611. The Kier molecular flexibility index (Phi) is 11.3. The lowest BCUT2D eigenvalue weighted by atomic mass is 9.83. The summed E-state index contributed by atoms with van der Waals surface area (Å²) in [5.41, 5.74) is 6.91. The number of rotatable bonds is 6. The Morgan fingerprint density at radius 1 is 1.17 bits per heavy atom. The Balaban J connectivity index is 0.00000264. The minimum Gasteiger partial charge on any atom is -0.353 e. The van der Waals surface area contributed by atoms with Crippen LogP contribution in [0.4, 0.5) is 0 Å². The van der Waals surface area contributed by atoms with Crippen LogP contribution in [0.15, 0.2) is 30.3 Å². The van der Waals surface area contributed by atoms with Crippen LogP contribution in [0.3, 0.4) is 0 Å². The maximum Gasteiger partial charge on any atom is 0.241 e. The van der Waals surface area contributed by atoms with Crippen molar-refractivity contribution in [1.82, 2.24) is 10.2 Å². The summed E-state index contributed by atoms with van der Waals surface area (Å²) in [6.45, 7) is 0.678. The van der Waals surface area contributed by atoms with Gasteiger partial charge >= 0.3 is 0 Å². The Morgan fingerprint density at radius 3 is 2.29 bits per heavy atom. The van der Waals surface area contributed by atoms with Gasteiger partial charge in [-0.1, -0.05) is 49.6 Å². The molecule has 24 heavy (non-hydrogen) atoms. The van der Waals surface area contributed by atoms with Gasteiger partial charge in [0.1, 0.15) is 6.04 Å². The summed E-state index contributed by atoms with van der Waals surface area (Å²) >= 11 is 0. The average molecular weight is 376 g/mol. The Bertz CT molecular complexity index is 465. The van der Waals surface area contributed by atoms with E-state index in [4.69, 9.17) is 5.73 Å². The summed E-state index contributed by atoms with van der Waals surface area (Å²) in [6, 6.07) is 9.35. The number of carbonyl (C=O) groups is 1. The first-order valence-corrected chi connectivity index (χ1v) is 8.34. The first-order chi connectivity index (χ1) is 10.6. The van der Waals surface area contributed by atoms with Crippen molar-refractivity contribution in [3.63, 3.8) is 0 Å². The molecule has 0 radical (unpaired) electrons. The Morgan fingerprint density at radius 2 is 1.75 bits per heavy atom. The molecule has 2 atom stereocenters. The number of carbonyl (C=O) groups excluding carboxylic acids is 1. The number of hydrogen-bond donors (Lipinski definition) is 2. The maximum absolute atomic E-state index is 12.3. The normalized spacial score (nSPS) is 17.3. The van der Waals surface area contributed by atoms with Crippen molar-refractivity contribution in [2.45, 2.75) is 44.2 Å². The summed E-state index contributed by atoms with van der Waals surface area (Å²) in [7, 11) is 4.20. The number of halogens is 2. The molecule has 138 valence electrons. The quantitative estimate of drug-likeness (QED) is 0.802. The number of amides is 1. The second-order valence-corrected chi connectivity index (χ2v) is 6.56. The molecule has 1 saturated carbocycles. The van der Waals surface area contributed by atoms with E-state index in [1.54, 1.807) is 0 Å². The predicted molar refractivity (Wildman–Crippen MR) is 105 cm³/mol. The lowest BCUT2D eigenvalue weighted by Crippen LogP contribution is -2.47. The van der Waals surface area contributed by atoms with E-state index in [1.807, 2.05) is 30.3 Å². The summed E-state index contributed by atoms with van der Waals surface area (Å²) in [4.78, 5) is 14.5. The van der Waals surface area contributed by atoms with Gasteiger partial charge in [-0.05, 0) is 38.4 Å². The number of nitrogens with zero attached hydrogens (tertiary/aromatic N) is 1. The number of hydrogen-bond acceptors (Lipinski definition) is 3. The van der Waals surface area contributed by atoms with Crippen LogP contribution in [0.5, 0.6) is 0 Å². The van der Waals surface area contributed by atoms with E-state index in [0.29, 0.717) is 18.5 Å². The number of nitrogens with two attached hydrogens (primary N) is 1. The van der Waals surface area contributed by atoms with E-state index in [9.17, 15) is 4.79 Å². The molecule has 0 aromatic heterocycles. The zero-order valence-corrected chi connectivity index (χ0v) is 16.2. The van der Waals surface area contributed by atoms with Crippen molar-refractivity contribution in [3.8, 4) is 0 Å². The van der Waals surface area contributed by atoms with Gasteiger partial charge in [-0.2, -0.15) is 0 Å². The standard InChI is InChI=1S/C18H29N3O.2ClH/c1-21(2)16(14-9-5-3-6-10-14)13-20-18(22)17(19)15-11-7-4-8-12-15;;/h4,7-8,11-12,14,16-17H,3,5-6,9-10,13,19H2,1-2H3,(H,20,22);2*1H. The molecule has 1 aromatic carbocycles. The molecule has 1 aromatic rings. The second kappa shape index (κ2) is 11.7. The number of benzene rings is 1. The number of nitrogens with one attached hydrogen (secondary N) is 1. The topological polar surface area (TPSA) is 58.4 Å². The summed E-state index contributed by atoms with van der Waals surface area (Å²) < 4.78 is 0. The molecule has 2 unspecified atom stereocenters. The largest absolute Gasteiger partial charge is 0.353 e. The Labute approximate surface area is 158 Å². The van der Waals surface area contributed by atoms with E-state index in [1.165, 1.54) is 32.1 Å². The van der Waals surface area contributed by atoms with Gasteiger partial charge in [-0.25, -0.2) is 0 Å². The van der Waals surface area contributed by atoms with E-state index in [2.05, 4.69) is 24.3 Å². The zero-order valence-electron chi connectivity index (χ0n) is 14.6. The van der Waals surface area contributed by atoms with Crippen LogP contribution < -0.4 is 11.1 Å². The molecule has 1 fully saturated rings. The smallest absolute Gasteiger partial charge is 0.241 e. The maximum atomic E-state index is 12.3. The van der Waals surface area contributed by atoms with Gasteiger partial charge in [-0.15, -0.1) is 24.8 Å². The van der Waals surface area contributed by atoms with Crippen LogP contribution in [-0.2, 0) is 4.79 Å². The molecule has 0 saturated heterocycles. The third-order valence-corrected chi connectivity index (χ3v) is 4.78. The van der Waals surface area contributed by atoms with Gasteiger partial charge in [0, 0.05) is 12.6 Å². The summed E-state index contributed by atoms with van der Waals surface area (Å²) in [5, 5.41) is 3.05. The summed E-state index contributed by atoms with van der Waals surface area (Å²) in [5.74, 6) is 0.589. The molecular weight excluding hydrogens is 345 g/mol. The molecule has 1 aliphatic carbocycles. The average Bonchev–Trinajstić information content (AvgIpc) is 2.55. The lowest BCUT2D eigenvalue weighted by Gasteiger charge is -2.35. The van der Waals surface area contributed by atoms with Crippen LogP contribution in [0.25, 0.3) is 0 Å². The van der Waals surface area contributed by atoms with Crippen molar-refractivity contribution in [3.05, 3.63) is 35.9 Å². The highest BCUT2D eigenvalue weighted by molar-refractivity contribution is 5.85. The molecule has 3 N–H and O–H groups in total. The van der Waals surface area contributed by atoms with E-state index in [0.717, 1.165) is 5.56 Å². The SMILES string of the molecule is CN(C)C(CNC(=O)C(N)c1ccccc1)C1CCCCC1.Cl.Cl. The molecule has 0 spiro atoms. The van der Waals surface area contributed by atoms with Gasteiger partial charge in [0.2, 0.25) is 5.91 Å². The van der Waals surface area contributed by atoms with Gasteiger partial charge < -0.3 is 16.0 Å². The third kappa shape index (κ3) is 6.60. The molecule has 2 rings (SSSR count). The van der Waals surface area contributed by atoms with Gasteiger partial charge in [-0.3, -0.25) is 4.79 Å². The van der Waals surface area contributed by atoms with E-state index in [-0.39, 0.29) is 30.7 Å². The molecule has 1 aliphatic rings. The van der Waals surface area contributed by atoms with Crippen LogP contribution in [-0.4, -0.2) is 37.5 Å². The van der Waals surface area contributed by atoms with Crippen LogP contribution in [0, 0.1) is 5.92 Å². The highest BCUT2D eigenvalue weighted by Crippen LogP contribution is 2.28. The lowest BCUT2D eigenvalue weighted by molar-refractivity contribution is -0.122. The molecule has 1 amide bonds. The minimum atomic E-state index is -0.588. The van der Waals surface area contributed by atoms with Crippen LogP contribution in [0.2, 0.25) is 0 Å². The first kappa shape index (κ1) is 23.2. The molecule has 0 bridgehead atoms. The molecule has 6 heteroatoms. The highest BCUT2D eigenvalue weighted by Gasteiger charge is 2.26. The van der Waals surface area contributed by atoms with Crippen molar-refractivity contribution >= 4 is 30.7 Å². The fourth-order valence-electron chi connectivity index (χ4n) is 3.42. The molecular formula is C18H31Cl2N3O. The fourth-order valence-corrected chi connectivity index (χ4v) is 3.42. The van der Waals surface area contributed by atoms with Crippen molar-refractivity contribution < 1.29 is 4.79 Å². The van der Waals surface area contributed by atoms with Gasteiger partial charge in [0.05, 0.1) is 0 Å². The molecule has 4 nitrogen and oxygen atoms in total.